The van der Waals surface area contributed by atoms with Gasteiger partial charge in [0.2, 0.25) is 11.8 Å². The molecule has 0 saturated carbocycles. The Kier molecular flexibility index (Phi) is 8.30. The van der Waals surface area contributed by atoms with Crippen LogP contribution in [-0.2, 0) is 16.1 Å². The molecule has 150 valence electrons. The van der Waals surface area contributed by atoms with Crippen molar-refractivity contribution in [3.63, 3.8) is 0 Å². The van der Waals surface area contributed by atoms with E-state index in [1.54, 1.807) is 18.2 Å². The van der Waals surface area contributed by atoms with Gasteiger partial charge in [0, 0.05) is 28.3 Å². The third-order valence-electron chi connectivity index (χ3n) is 4.34. The van der Waals surface area contributed by atoms with Crippen LogP contribution >= 0.6 is 23.2 Å². The van der Waals surface area contributed by atoms with Crippen molar-refractivity contribution in [1.82, 2.24) is 10.2 Å². The van der Waals surface area contributed by atoms with Gasteiger partial charge in [-0.25, -0.2) is 0 Å². The van der Waals surface area contributed by atoms with Gasteiger partial charge in [0.1, 0.15) is 0 Å². The second-order valence-corrected chi connectivity index (χ2v) is 7.71. The smallest absolute Gasteiger partial charge is 0.243 e. The van der Waals surface area contributed by atoms with Crippen molar-refractivity contribution in [3.05, 3.63) is 63.6 Å². The highest BCUT2D eigenvalue weighted by Gasteiger charge is 2.16. The zero-order chi connectivity index (χ0) is 20.7. The van der Waals surface area contributed by atoms with Crippen molar-refractivity contribution in [2.24, 2.45) is 0 Å². The van der Waals surface area contributed by atoms with Gasteiger partial charge in [-0.15, -0.1) is 0 Å². The van der Waals surface area contributed by atoms with Gasteiger partial charge in [-0.2, -0.15) is 0 Å². The monoisotopic (exact) mass is 421 g/mol. The fourth-order valence-electron chi connectivity index (χ4n) is 2.65. The molecular weight excluding hydrogens is 397 g/mol. The van der Waals surface area contributed by atoms with Crippen molar-refractivity contribution in [2.45, 2.75) is 33.4 Å². The van der Waals surface area contributed by atoms with Crippen molar-refractivity contribution in [2.75, 3.05) is 18.4 Å². The number of rotatable bonds is 8. The molecule has 2 aromatic rings. The lowest BCUT2D eigenvalue weighted by atomic mass is 10.2. The van der Waals surface area contributed by atoms with Crippen LogP contribution in [0.1, 0.15) is 25.0 Å². The van der Waals surface area contributed by atoms with Crippen LogP contribution in [0.4, 0.5) is 5.69 Å². The standard InChI is InChI=1S/C21H25Cl2N3O2/c1-14(2)26(12-16-6-4-7-17(22)10-16)13-21(28)24-11-20(27)25-19-9-5-8-18(23)15(19)3/h4-10,14H,11-13H2,1-3H3,(H,24,28)(H,25,27). The zero-order valence-corrected chi connectivity index (χ0v) is 17.8. The summed E-state index contributed by atoms with van der Waals surface area (Å²) in [5.74, 6) is -0.515. The third kappa shape index (κ3) is 6.82. The van der Waals surface area contributed by atoms with Crippen LogP contribution in [0.15, 0.2) is 42.5 Å². The summed E-state index contributed by atoms with van der Waals surface area (Å²) < 4.78 is 0. The van der Waals surface area contributed by atoms with Crippen LogP contribution < -0.4 is 10.6 Å². The molecule has 2 aromatic carbocycles. The van der Waals surface area contributed by atoms with Crippen LogP contribution in [0, 0.1) is 6.92 Å². The maximum atomic E-state index is 12.3. The minimum absolute atomic E-state index is 0.103. The minimum atomic E-state index is -0.301. The molecule has 7 heteroatoms. The van der Waals surface area contributed by atoms with Crippen molar-refractivity contribution >= 4 is 40.7 Å². The second-order valence-electron chi connectivity index (χ2n) is 6.87. The molecule has 0 atom stereocenters. The molecule has 0 aliphatic rings. The molecule has 0 unspecified atom stereocenters. The largest absolute Gasteiger partial charge is 0.346 e. The number of amides is 2. The summed E-state index contributed by atoms with van der Waals surface area (Å²) in [6, 6.07) is 13.0. The molecule has 0 aliphatic carbocycles. The molecule has 0 saturated heterocycles. The normalized spacial score (nSPS) is 11.0. The topological polar surface area (TPSA) is 61.4 Å². The summed E-state index contributed by atoms with van der Waals surface area (Å²) in [5.41, 5.74) is 2.45. The second kappa shape index (κ2) is 10.5. The third-order valence-corrected chi connectivity index (χ3v) is 4.98. The SMILES string of the molecule is Cc1c(Cl)cccc1NC(=O)CNC(=O)CN(Cc1cccc(Cl)c1)C(C)C. The number of nitrogens with one attached hydrogen (secondary N) is 2. The number of benzene rings is 2. The highest BCUT2D eigenvalue weighted by Crippen LogP contribution is 2.22. The Hall–Kier alpha value is -2.08. The van der Waals surface area contributed by atoms with Gasteiger partial charge in [-0.05, 0) is 56.2 Å². The molecule has 0 bridgehead atoms. The predicted molar refractivity (Wildman–Crippen MR) is 115 cm³/mol. The van der Waals surface area contributed by atoms with E-state index < -0.39 is 0 Å². The molecule has 0 aromatic heterocycles. The lowest BCUT2D eigenvalue weighted by molar-refractivity contribution is -0.125. The van der Waals surface area contributed by atoms with Gasteiger partial charge in [0.25, 0.3) is 0 Å². The van der Waals surface area contributed by atoms with Gasteiger partial charge in [-0.1, -0.05) is 41.4 Å². The predicted octanol–water partition coefficient (Wildman–Crippen LogP) is 4.27. The zero-order valence-electron chi connectivity index (χ0n) is 16.3. The summed E-state index contributed by atoms with van der Waals surface area (Å²) in [5, 5.41) is 6.67. The van der Waals surface area contributed by atoms with E-state index >= 15 is 0 Å². The Labute approximate surface area is 176 Å². The Balaban J connectivity index is 1.87. The van der Waals surface area contributed by atoms with Crippen LogP contribution in [0.3, 0.4) is 0 Å². The first-order chi connectivity index (χ1) is 13.3. The number of hydrogen-bond donors (Lipinski definition) is 2. The Morgan fingerprint density at radius 2 is 1.79 bits per heavy atom. The molecule has 2 N–H and O–H groups in total. The minimum Gasteiger partial charge on any atom is -0.346 e. The molecule has 2 amide bonds. The van der Waals surface area contributed by atoms with Crippen molar-refractivity contribution in [1.29, 1.82) is 0 Å². The average Bonchev–Trinajstić information content (AvgIpc) is 2.63. The maximum Gasteiger partial charge on any atom is 0.243 e. The highest BCUT2D eigenvalue weighted by molar-refractivity contribution is 6.31. The van der Waals surface area contributed by atoms with Gasteiger partial charge < -0.3 is 10.6 Å². The lowest BCUT2D eigenvalue weighted by Gasteiger charge is -2.26. The highest BCUT2D eigenvalue weighted by atomic mass is 35.5. The summed E-state index contributed by atoms with van der Waals surface area (Å²) in [7, 11) is 0. The fraction of sp³-hybridized carbons (Fsp3) is 0.333. The first kappa shape index (κ1) is 22.2. The van der Waals surface area contributed by atoms with Crippen molar-refractivity contribution in [3.8, 4) is 0 Å². The number of hydrogen-bond acceptors (Lipinski definition) is 3. The van der Waals surface area contributed by atoms with Gasteiger partial charge in [0.05, 0.1) is 13.1 Å². The number of anilines is 1. The van der Waals surface area contributed by atoms with E-state index in [-0.39, 0.29) is 30.9 Å². The molecule has 0 aliphatic heterocycles. The Bertz CT molecular complexity index is 840. The molecule has 28 heavy (non-hydrogen) atoms. The summed E-state index contributed by atoms with van der Waals surface area (Å²) in [4.78, 5) is 26.5. The Morgan fingerprint density at radius 3 is 2.46 bits per heavy atom. The first-order valence-corrected chi connectivity index (χ1v) is 9.82. The van der Waals surface area contributed by atoms with Gasteiger partial charge >= 0.3 is 0 Å². The van der Waals surface area contributed by atoms with Crippen molar-refractivity contribution < 1.29 is 9.59 Å². The summed E-state index contributed by atoms with van der Waals surface area (Å²) in [6.45, 7) is 6.55. The molecule has 0 spiro atoms. The lowest BCUT2D eigenvalue weighted by Crippen LogP contribution is -2.42. The Morgan fingerprint density at radius 1 is 1.07 bits per heavy atom. The quantitative estimate of drug-likeness (QED) is 0.668. The number of carbonyl (C=O) groups excluding carboxylic acids is 2. The molecule has 0 fully saturated rings. The van der Waals surface area contributed by atoms with Crippen LogP contribution in [0.25, 0.3) is 0 Å². The van der Waals surface area contributed by atoms with E-state index in [2.05, 4.69) is 10.6 Å². The van der Waals surface area contributed by atoms with Gasteiger partial charge in [-0.3, -0.25) is 14.5 Å². The fourth-order valence-corrected chi connectivity index (χ4v) is 3.03. The summed E-state index contributed by atoms with van der Waals surface area (Å²) in [6.07, 6.45) is 0. The number of carbonyl (C=O) groups is 2. The summed E-state index contributed by atoms with van der Waals surface area (Å²) >= 11 is 12.1. The molecular formula is C21H25Cl2N3O2. The molecule has 0 heterocycles. The van der Waals surface area contributed by atoms with E-state index in [0.29, 0.717) is 22.3 Å². The number of halogens is 2. The van der Waals surface area contributed by atoms with E-state index in [1.165, 1.54) is 0 Å². The molecule has 0 radical (unpaired) electrons. The van der Waals surface area contributed by atoms with Crippen LogP contribution in [0.2, 0.25) is 10.0 Å². The van der Waals surface area contributed by atoms with Crippen LogP contribution in [-0.4, -0.2) is 35.8 Å². The van der Waals surface area contributed by atoms with E-state index in [1.807, 2.05) is 49.9 Å². The van der Waals surface area contributed by atoms with Crippen LogP contribution in [0.5, 0.6) is 0 Å². The van der Waals surface area contributed by atoms with E-state index in [0.717, 1.165) is 11.1 Å². The van der Waals surface area contributed by atoms with Gasteiger partial charge in [0.15, 0.2) is 0 Å². The maximum absolute atomic E-state index is 12.3. The molecule has 2 rings (SSSR count). The first-order valence-electron chi connectivity index (χ1n) is 9.06. The van der Waals surface area contributed by atoms with E-state index in [4.69, 9.17) is 23.2 Å². The van der Waals surface area contributed by atoms with E-state index in [9.17, 15) is 9.59 Å². The molecule has 5 nitrogen and oxygen atoms in total. The average molecular weight is 422 g/mol. The number of nitrogens with zero attached hydrogens (tertiary/aromatic N) is 1.